The predicted octanol–water partition coefficient (Wildman–Crippen LogP) is 1.80. The van der Waals surface area contributed by atoms with E-state index in [-0.39, 0.29) is 5.91 Å². The van der Waals surface area contributed by atoms with Crippen molar-refractivity contribution in [2.24, 2.45) is 0 Å². The zero-order valence-electron chi connectivity index (χ0n) is 13.8. The van der Waals surface area contributed by atoms with Crippen LogP contribution in [0, 0.1) is 6.92 Å². The molecule has 1 saturated heterocycles. The third-order valence-electron chi connectivity index (χ3n) is 3.82. The highest BCUT2D eigenvalue weighted by molar-refractivity contribution is 7.99. The van der Waals surface area contributed by atoms with Crippen molar-refractivity contribution in [2.75, 3.05) is 41.9 Å². The van der Waals surface area contributed by atoms with E-state index in [4.69, 9.17) is 0 Å². The average Bonchev–Trinajstić information content (AvgIpc) is 2.57. The Morgan fingerprint density at radius 1 is 1.26 bits per heavy atom. The van der Waals surface area contributed by atoms with Gasteiger partial charge >= 0.3 is 6.03 Å². The van der Waals surface area contributed by atoms with Crippen molar-refractivity contribution in [2.45, 2.75) is 19.9 Å². The number of nitrogens with zero attached hydrogens (tertiary/aromatic N) is 1. The Balaban J connectivity index is 2.00. The topological polar surface area (TPSA) is 73.5 Å². The summed E-state index contributed by atoms with van der Waals surface area (Å²) in [6, 6.07) is 5.22. The quantitative estimate of drug-likeness (QED) is 0.782. The molecule has 1 heterocycles. The van der Waals surface area contributed by atoms with Gasteiger partial charge in [-0.25, -0.2) is 4.79 Å². The lowest BCUT2D eigenvalue weighted by Crippen LogP contribution is -2.44. The summed E-state index contributed by atoms with van der Waals surface area (Å²) in [6.07, 6.45) is 0. The van der Waals surface area contributed by atoms with Gasteiger partial charge in [-0.1, -0.05) is 0 Å². The van der Waals surface area contributed by atoms with Gasteiger partial charge in [-0.05, 0) is 37.6 Å². The number of aryl methyl sites for hydroxylation is 1. The van der Waals surface area contributed by atoms with Crippen molar-refractivity contribution >= 4 is 35.1 Å². The summed E-state index contributed by atoms with van der Waals surface area (Å²) in [4.78, 5) is 25.5. The molecule has 0 bridgehead atoms. The summed E-state index contributed by atoms with van der Waals surface area (Å²) in [6.45, 7) is 5.89. The van der Waals surface area contributed by atoms with Gasteiger partial charge in [0.25, 0.3) is 0 Å². The number of imide groups is 1. The molecule has 3 amide bonds. The highest BCUT2D eigenvalue weighted by Crippen LogP contribution is 2.25. The van der Waals surface area contributed by atoms with E-state index >= 15 is 0 Å². The minimum atomic E-state index is -0.501. The second-order valence-electron chi connectivity index (χ2n) is 5.53. The largest absolute Gasteiger partial charge is 0.374 e. The van der Waals surface area contributed by atoms with Crippen molar-refractivity contribution in [3.8, 4) is 0 Å². The lowest BCUT2D eigenvalue weighted by molar-refractivity contribution is -0.120. The molecule has 0 saturated carbocycles. The first-order valence-corrected chi connectivity index (χ1v) is 8.89. The number of carbonyl (C=O) groups is 2. The number of amides is 3. The maximum atomic E-state index is 11.9. The highest BCUT2D eigenvalue weighted by Gasteiger charge is 2.17. The molecule has 0 radical (unpaired) electrons. The zero-order chi connectivity index (χ0) is 16.8. The van der Waals surface area contributed by atoms with Crippen LogP contribution in [0.15, 0.2) is 18.2 Å². The summed E-state index contributed by atoms with van der Waals surface area (Å²) >= 11 is 1.99. The number of urea groups is 1. The number of thioether (sulfide) groups is 1. The molecule has 1 aromatic carbocycles. The average molecular weight is 336 g/mol. The van der Waals surface area contributed by atoms with Crippen molar-refractivity contribution in [1.29, 1.82) is 0 Å². The van der Waals surface area contributed by atoms with Gasteiger partial charge in [0.2, 0.25) is 5.91 Å². The molecule has 2 rings (SSSR count). The van der Waals surface area contributed by atoms with Gasteiger partial charge in [-0.15, -0.1) is 0 Å². The van der Waals surface area contributed by atoms with Crippen LogP contribution in [0.4, 0.5) is 16.2 Å². The number of carbonyl (C=O) groups excluding carboxylic acids is 2. The van der Waals surface area contributed by atoms with E-state index in [1.54, 1.807) is 6.92 Å². The minimum absolute atomic E-state index is 0.360. The van der Waals surface area contributed by atoms with E-state index < -0.39 is 12.1 Å². The van der Waals surface area contributed by atoms with E-state index in [0.29, 0.717) is 0 Å². The number of hydrogen-bond acceptors (Lipinski definition) is 5. The minimum Gasteiger partial charge on any atom is -0.374 e. The molecule has 0 aromatic heterocycles. The summed E-state index contributed by atoms with van der Waals surface area (Å²) in [5.41, 5.74) is 3.20. The molecule has 1 atom stereocenters. The van der Waals surface area contributed by atoms with Crippen LogP contribution in [0.2, 0.25) is 0 Å². The maximum Gasteiger partial charge on any atom is 0.321 e. The molecule has 0 spiro atoms. The molecule has 23 heavy (non-hydrogen) atoms. The highest BCUT2D eigenvalue weighted by atomic mass is 32.2. The second kappa shape index (κ2) is 8.10. The third-order valence-corrected chi connectivity index (χ3v) is 4.76. The number of nitrogens with one attached hydrogen (secondary N) is 3. The normalized spacial score (nSPS) is 15.7. The molecule has 0 unspecified atom stereocenters. The Bertz CT molecular complexity index is 573. The fourth-order valence-electron chi connectivity index (χ4n) is 2.41. The molecule has 7 heteroatoms. The van der Waals surface area contributed by atoms with Crippen LogP contribution in [-0.4, -0.2) is 49.6 Å². The van der Waals surface area contributed by atoms with Crippen LogP contribution in [0.5, 0.6) is 0 Å². The molecule has 1 fully saturated rings. The van der Waals surface area contributed by atoms with E-state index in [0.717, 1.165) is 35.8 Å². The lowest BCUT2D eigenvalue weighted by atomic mass is 10.1. The van der Waals surface area contributed by atoms with Gasteiger partial charge in [0, 0.05) is 43.0 Å². The van der Waals surface area contributed by atoms with Crippen molar-refractivity contribution in [3.63, 3.8) is 0 Å². The summed E-state index contributed by atoms with van der Waals surface area (Å²) in [7, 11) is 1.47. The smallest absolute Gasteiger partial charge is 0.321 e. The van der Waals surface area contributed by atoms with Crippen molar-refractivity contribution < 1.29 is 9.59 Å². The number of hydrogen-bond donors (Lipinski definition) is 3. The molecular weight excluding hydrogens is 312 g/mol. The SMILES string of the molecule is CNC(=O)NC(=O)[C@H](C)Nc1ccc(N2CCSCC2)cc1C. The van der Waals surface area contributed by atoms with Crippen LogP contribution in [0.1, 0.15) is 12.5 Å². The molecule has 1 aliphatic rings. The third kappa shape index (κ3) is 4.79. The summed E-state index contributed by atoms with van der Waals surface area (Å²) < 4.78 is 0. The number of rotatable bonds is 4. The van der Waals surface area contributed by atoms with Gasteiger partial charge < -0.3 is 15.5 Å². The Morgan fingerprint density at radius 2 is 1.96 bits per heavy atom. The number of benzene rings is 1. The Kier molecular flexibility index (Phi) is 6.15. The second-order valence-corrected chi connectivity index (χ2v) is 6.76. The molecule has 6 nitrogen and oxygen atoms in total. The first-order valence-electron chi connectivity index (χ1n) is 7.73. The van der Waals surface area contributed by atoms with Gasteiger partial charge in [-0.3, -0.25) is 10.1 Å². The first kappa shape index (κ1) is 17.5. The van der Waals surface area contributed by atoms with E-state index in [9.17, 15) is 9.59 Å². The van der Waals surface area contributed by atoms with Crippen LogP contribution in [0.25, 0.3) is 0 Å². The van der Waals surface area contributed by atoms with Gasteiger partial charge in [0.05, 0.1) is 0 Å². The summed E-state index contributed by atoms with van der Waals surface area (Å²) in [5, 5.41) is 7.79. The zero-order valence-corrected chi connectivity index (χ0v) is 14.6. The van der Waals surface area contributed by atoms with Crippen LogP contribution in [0.3, 0.4) is 0 Å². The maximum absolute atomic E-state index is 11.9. The molecular formula is C16H24N4O2S. The fraction of sp³-hybridized carbons (Fsp3) is 0.500. The Morgan fingerprint density at radius 3 is 2.57 bits per heavy atom. The number of anilines is 2. The lowest BCUT2D eigenvalue weighted by Gasteiger charge is -2.29. The molecule has 0 aliphatic carbocycles. The predicted molar refractivity (Wildman–Crippen MR) is 96.4 cm³/mol. The van der Waals surface area contributed by atoms with Crippen LogP contribution < -0.4 is 20.9 Å². The Labute approximate surface area is 141 Å². The Hall–Kier alpha value is -1.89. The molecule has 1 aliphatic heterocycles. The molecule has 1 aromatic rings. The van der Waals surface area contributed by atoms with Gasteiger partial charge in [0.1, 0.15) is 6.04 Å². The van der Waals surface area contributed by atoms with Crippen LogP contribution in [-0.2, 0) is 4.79 Å². The summed E-state index contributed by atoms with van der Waals surface area (Å²) in [5.74, 6) is 1.96. The first-order chi connectivity index (χ1) is 11.0. The molecule has 3 N–H and O–H groups in total. The van der Waals surface area contributed by atoms with Crippen LogP contribution >= 0.6 is 11.8 Å². The van der Waals surface area contributed by atoms with Crippen molar-refractivity contribution in [1.82, 2.24) is 10.6 Å². The van der Waals surface area contributed by atoms with E-state index in [1.165, 1.54) is 12.7 Å². The van der Waals surface area contributed by atoms with E-state index in [2.05, 4.69) is 33.0 Å². The van der Waals surface area contributed by atoms with Crippen molar-refractivity contribution in [3.05, 3.63) is 23.8 Å². The monoisotopic (exact) mass is 336 g/mol. The van der Waals surface area contributed by atoms with E-state index in [1.807, 2.05) is 24.8 Å². The van der Waals surface area contributed by atoms with Gasteiger partial charge in [0.15, 0.2) is 0 Å². The van der Waals surface area contributed by atoms with Gasteiger partial charge in [-0.2, -0.15) is 11.8 Å². The fourth-order valence-corrected chi connectivity index (χ4v) is 3.31. The molecule has 126 valence electrons. The standard InChI is InChI=1S/C16H24N4O2S/c1-11-10-13(20-6-8-23-9-7-20)4-5-14(11)18-12(2)15(21)19-16(22)17-3/h4-5,10,12,18H,6-9H2,1-3H3,(H2,17,19,21,22)/t12-/m0/s1.